The largest absolute Gasteiger partial charge is 0.337 e. The zero-order chi connectivity index (χ0) is 8.86. The monoisotopic (exact) mass is 167 g/mol. The number of ether oxygens (including phenoxy) is 2. The summed E-state index contributed by atoms with van der Waals surface area (Å²) in [6, 6.07) is 0. The van der Waals surface area contributed by atoms with E-state index in [-0.39, 0.29) is 6.54 Å². The SMILES string of the molecule is C#CC1(CCN=C=O)OCCO1. The summed E-state index contributed by atoms with van der Waals surface area (Å²) >= 11 is 0. The molecule has 4 nitrogen and oxygen atoms in total. The molecule has 4 heteroatoms. The van der Waals surface area contributed by atoms with Crippen molar-refractivity contribution in [3.8, 4) is 12.3 Å². The van der Waals surface area contributed by atoms with Crippen LogP contribution in [0.3, 0.4) is 0 Å². The fourth-order valence-corrected chi connectivity index (χ4v) is 1.00. The molecule has 0 saturated carbocycles. The van der Waals surface area contributed by atoms with E-state index in [1.165, 1.54) is 6.08 Å². The molecule has 1 fully saturated rings. The Morgan fingerprint density at radius 3 is 2.67 bits per heavy atom. The maximum atomic E-state index is 9.75. The van der Waals surface area contributed by atoms with E-state index in [4.69, 9.17) is 15.9 Å². The summed E-state index contributed by atoms with van der Waals surface area (Å²) in [4.78, 5) is 13.1. The number of isocyanates is 1. The van der Waals surface area contributed by atoms with Crippen LogP contribution in [0.2, 0.25) is 0 Å². The highest BCUT2D eigenvalue weighted by Gasteiger charge is 2.33. The fourth-order valence-electron chi connectivity index (χ4n) is 1.00. The third-order valence-corrected chi connectivity index (χ3v) is 1.59. The highest BCUT2D eigenvalue weighted by Crippen LogP contribution is 2.21. The van der Waals surface area contributed by atoms with E-state index < -0.39 is 5.79 Å². The molecule has 1 rings (SSSR count). The van der Waals surface area contributed by atoms with Crippen LogP contribution >= 0.6 is 0 Å². The molecule has 0 aliphatic carbocycles. The second kappa shape index (κ2) is 4.03. The Morgan fingerprint density at radius 1 is 1.50 bits per heavy atom. The van der Waals surface area contributed by atoms with Crippen LogP contribution in [0.15, 0.2) is 4.99 Å². The van der Waals surface area contributed by atoms with Crippen LogP contribution in [0.1, 0.15) is 6.42 Å². The summed E-state index contributed by atoms with van der Waals surface area (Å²) in [6.07, 6.45) is 7.04. The zero-order valence-corrected chi connectivity index (χ0v) is 6.58. The van der Waals surface area contributed by atoms with Gasteiger partial charge in [0, 0.05) is 6.42 Å². The van der Waals surface area contributed by atoms with Gasteiger partial charge in [0.05, 0.1) is 19.8 Å². The molecular formula is C8H9NO3. The molecule has 0 atom stereocenters. The Kier molecular flexibility index (Phi) is 3.01. The zero-order valence-electron chi connectivity index (χ0n) is 6.58. The van der Waals surface area contributed by atoms with Crippen LogP contribution in [-0.4, -0.2) is 31.6 Å². The van der Waals surface area contributed by atoms with Crippen molar-refractivity contribution >= 4 is 6.08 Å². The molecule has 0 unspecified atom stereocenters. The van der Waals surface area contributed by atoms with Gasteiger partial charge in [-0.15, -0.1) is 6.42 Å². The average molecular weight is 167 g/mol. The van der Waals surface area contributed by atoms with Crippen LogP contribution < -0.4 is 0 Å². The third-order valence-electron chi connectivity index (χ3n) is 1.59. The summed E-state index contributed by atoms with van der Waals surface area (Å²) in [5.41, 5.74) is 0. The maximum absolute atomic E-state index is 9.75. The van der Waals surface area contributed by atoms with Crippen molar-refractivity contribution in [1.29, 1.82) is 0 Å². The summed E-state index contributed by atoms with van der Waals surface area (Å²) in [7, 11) is 0. The van der Waals surface area contributed by atoms with Gasteiger partial charge in [-0.05, 0) is 5.92 Å². The summed E-state index contributed by atoms with van der Waals surface area (Å²) in [5, 5.41) is 0. The third kappa shape index (κ3) is 1.93. The Bertz CT molecular complexity index is 231. The Balaban J connectivity index is 2.45. The molecule has 0 amide bonds. The number of rotatable bonds is 3. The van der Waals surface area contributed by atoms with E-state index in [2.05, 4.69) is 10.9 Å². The number of nitrogens with zero attached hydrogens (tertiary/aromatic N) is 1. The smallest absolute Gasteiger partial charge is 0.235 e. The lowest BCUT2D eigenvalue weighted by Crippen LogP contribution is -2.28. The van der Waals surface area contributed by atoms with Crippen molar-refractivity contribution in [2.24, 2.45) is 4.99 Å². The van der Waals surface area contributed by atoms with Gasteiger partial charge in [-0.1, -0.05) is 0 Å². The van der Waals surface area contributed by atoms with Gasteiger partial charge in [0.25, 0.3) is 0 Å². The van der Waals surface area contributed by atoms with Crippen molar-refractivity contribution in [2.45, 2.75) is 12.2 Å². The highest BCUT2D eigenvalue weighted by atomic mass is 16.7. The number of carbonyl (C=O) groups excluding carboxylic acids is 1. The average Bonchev–Trinajstić information content (AvgIpc) is 2.55. The second-order valence-corrected chi connectivity index (χ2v) is 2.32. The van der Waals surface area contributed by atoms with Crippen molar-refractivity contribution in [1.82, 2.24) is 0 Å². The highest BCUT2D eigenvalue weighted by molar-refractivity contribution is 5.32. The lowest BCUT2D eigenvalue weighted by Gasteiger charge is -2.18. The predicted molar refractivity (Wildman–Crippen MR) is 41.1 cm³/mol. The van der Waals surface area contributed by atoms with Crippen LogP contribution in [0.5, 0.6) is 0 Å². The normalized spacial score (nSPS) is 19.6. The Morgan fingerprint density at radius 2 is 2.17 bits per heavy atom. The first-order valence-electron chi connectivity index (χ1n) is 3.62. The van der Waals surface area contributed by atoms with Crippen molar-refractivity contribution in [3.63, 3.8) is 0 Å². The molecule has 0 aromatic rings. The number of aliphatic imine (C=N–C) groups is 1. The maximum Gasteiger partial charge on any atom is 0.235 e. The van der Waals surface area contributed by atoms with Gasteiger partial charge in [-0.3, -0.25) is 0 Å². The molecule has 1 aliphatic heterocycles. The molecule has 0 aromatic heterocycles. The van der Waals surface area contributed by atoms with Gasteiger partial charge in [0.1, 0.15) is 0 Å². The molecule has 0 N–H and O–H groups in total. The van der Waals surface area contributed by atoms with E-state index in [0.29, 0.717) is 19.6 Å². The van der Waals surface area contributed by atoms with E-state index in [1.54, 1.807) is 0 Å². The van der Waals surface area contributed by atoms with Crippen molar-refractivity contribution < 1.29 is 14.3 Å². The topological polar surface area (TPSA) is 47.9 Å². The summed E-state index contributed by atoms with van der Waals surface area (Å²) in [6.45, 7) is 1.28. The van der Waals surface area contributed by atoms with Gasteiger partial charge in [0.2, 0.25) is 11.9 Å². The quantitative estimate of drug-likeness (QED) is 0.340. The van der Waals surface area contributed by atoms with Gasteiger partial charge >= 0.3 is 0 Å². The molecule has 1 heterocycles. The fraction of sp³-hybridized carbons (Fsp3) is 0.625. The van der Waals surface area contributed by atoms with Gasteiger partial charge in [-0.2, -0.15) is 0 Å². The van der Waals surface area contributed by atoms with E-state index in [9.17, 15) is 4.79 Å². The standard InChI is InChI=1S/C8H9NO3/c1-2-8(3-4-9-7-10)11-5-6-12-8/h1H,3-6H2. The molecule has 1 saturated heterocycles. The molecule has 1 aliphatic rings. The molecule has 0 bridgehead atoms. The summed E-state index contributed by atoms with van der Waals surface area (Å²) in [5.74, 6) is 1.44. The Labute approximate surface area is 70.6 Å². The molecule has 0 spiro atoms. The van der Waals surface area contributed by atoms with E-state index in [1.807, 2.05) is 0 Å². The molecule has 12 heavy (non-hydrogen) atoms. The minimum Gasteiger partial charge on any atom is -0.337 e. The predicted octanol–water partition coefficient (Wildman–Crippen LogP) is 0.0886. The van der Waals surface area contributed by atoms with Crippen LogP contribution in [-0.2, 0) is 14.3 Å². The Hall–Kier alpha value is -1.14. The van der Waals surface area contributed by atoms with Crippen LogP contribution in [0.25, 0.3) is 0 Å². The summed E-state index contributed by atoms with van der Waals surface area (Å²) < 4.78 is 10.4. The lowest BCUT2D eigenvalue weighted by atomic mass is 10.2. The number of terminal acetylenes is 1. The van der Waals surface area contributed by atoms with Crippen molar-refractivity contribution in [3.05, 3.63) is 0 Å². The first kappa shape index (κ1) is 8.95. The molecule has 0 radical (unpaired) electrons. The molecule has 0 aromatic carbocycles. The van der Waals surface area contributed by atoms with Gasteiger partial charge in [-0.25, -0.2) is 9.79 Å². The van der Waals surface area contributed by atoms with Gasteiger partial charge < -0.3 is 9.47 Å². The lowest BCUT2D eigenvalue weighted by molar-refractivity contribution is -0.110. The molecule has 64 valence electrons. The van der Waals surface area contributed by atoms with Gasteiger partial charge in [0.15, 0.2) is 0 Å². The number of hydrogen-bond acceptors (Lipinski definition) is 4. The first-order valence-corrected chi connectivity index (χ1v) is 3.62. The number of hydrogen-bond donors (Lipinski definition) is 0. The second-order valence-electron chi connectivity index (χ2n) is 2.32. The minimum absolute atomic E-state index is 0.285. The first-order chi connectivity index (χ1) is 5.83. The van der Waals surface area contributed by atoms with E-state index >= 15 is 0 Å². The van der Waals surface area contributed by atoms with Crippen molar-refractivity contribution in [2.75, 3.05) is 19.8 Å². The van der Waals surface area contributed by atoms with Crippen LogP contribution in [0.4, 0.5) is 0 Å². The van der Waals surface area contributed by atoms with E-state index in [0.717, 1.165) is 0 Å². The minimum atomic E-state index is -0.958. The molecular weight excluding hydrogens is 158 g/mol. The van der Waals surface area contributed by atoms with Crippen LogP contribution in [0, 0.1) is 12.3 Å².